The van der Waals surface area contributed by atoms with Crippen LogP contribution < -0.4 is 15.1 Å². The number of carbonyl (C=O) groups excluding carboxylic acids is 1. The van der Waals surface area contributed by atoms with Crippen LogP contribution in [0.4, 0.5) is 22.1 Å². The van der Waals surface area contributed by atoms with Gasteiger partial charge < -0.3 is 14.5 Å². The summed E-state index contributed by atoms with van der Waals surface area (Å²) >= 11 is 0. The van der Waals surface area contributed by atoms with Crippen LogP contribution in [0.2, 0.25) is 0 Å². The number of amides is 1. The minimum atomic E-state index is -0.546. The van der Waals surface area contributed by atoms with Gasteiger partial charge in [-0.3, -0.25) is 5.32 Å². The zero-order valence-corrected chi connectivity index (χ0v) is 15.5. The van der Waals surface area contributed by atoms with Crippen molar-refractivity contribution in [3.8, 4) is 0 Å². The fraction of sp³-hybridized carbons (Fsp3) is 0.421. The molecule has 1 aromatic heterocycles. The molecule has 7 heteroatoms. The van der Waals surface area contributed by atoms with Crippen LogP contribution in [0.1, 0.15) is 20.8 Å². The Kier molecular flexibility index (Phi) is 5.25. The lowest BCUT2D eigenvalue weighted by Crippen LogP contribution is -2.46. The molecular weight excluding hydrogens is 330 g/mol. The number of ether oxygens (including phenoxy) is 1. The quantitative estimate of drug-likeness (QED) is 0.912. The number of hydrogen-bond donors (Lipinski definition) is 1. The Labute approximate surface area is 154 Å². The van der Waals surface area contributed by atoms with Gasteiger partial charge >= 0.3 is 6.09 Å². The van der Waals surface area contributed by atoms with E-state index in [1.54, 1.807) is 6.07 Å². The van der Waals surface area contributed by atoms with E-state index in [0.717, 1.165) is 32.0 Å². The van der Waals surface area contributed by atoms with E-state index in [0.29, 0.717) is 5.82 Å². The van der Waals surface area contributed by atoms with Crippen LogP contribution in [0.25, 0.3) is 0 Å². The molecule has 7 nitrogen and oxygen atoms in total. The van der Waals surface area contributed by atoms with Crippen molar-refractivity contribution in [2.24, 2.45) is 0 Å². The molecule has 1 fully saturated rings. The number of carbonyl (C=O) groups is 1. The maximum atomic E-state index is 11.8. The first-order chi connectivity index (χ1) is 12.4. The molecule has 2 aromatic rings. The van der Waals surface area contributed by atoms with Gasteiger partial charge in [-0.1, -0.05) is 18.2 Å². The molecule has 26 heavy (non-hydrogen) atoms. The van der Waals surface area contributed by atoms with Gasteiger partial charge in [-0.05, 0) is 45.0 Å². The van der Waals surface area contributed by atoms with Crippen molar-refractivity contribution in [2.45, 2.75) is 26.4 Å². The minimum absolute atomic E-state index is 0.380. The molecule has 1 N–H and O–H groups in total. The van der Waals surface area contributed by atoms with E-state index in [1.165, 1.54) is 5.69 Å². The SMILES string of the molecule is CC(C)(C)OC(=O)Nc1ccc(N2CCN(c3ccccc3)CC2)nn1. The lowest BCUT2D eigenvalue weighted by molar-refractivity contribution is 0.0635. The summed E-state index contributed by atoms with van der Waals surface area (Å²) in [6, 6.07) is 14.0. The average molecular weight is 355 g/mol. The molecule has 1 saturated heterocycles. The van der Waals surface area contributed by atoms with E-state index in [9.17, 15) is 4.79 Å². The number of hydrogen-bond acceptors (Lipinski definition) is 6. The zero-order chi connectivity index (χ0) is 18.6. The van der Waals surface area contributed by atoms with Crippen molar-refractivity contribution in [1.82, 2.24) is 10.2 Å². The molecule has 0 bridgehead atoms. The smallest absolute Gasteiger partial charge is 0.413 e. The Morgan fingerprint density at radius 3 is 2.19 bits per heavy atom. The third-order valence-electron chi connectivity index (χ3n) is 4.00. The Morgan fingerprint density at radius 1 is 0.962 bits per heavy atom. The number of piperazine rings is 1. The molecule has 1 aliphatic heterocycles. The fourth-order valence-electron chi connectivity index (χ4n) is 2.80. The molecule has 1 aromatic carbocycles. The molecule has 0 spiro atoms. The summed E-state index contributed by atoms with van der Waals surface area (Å²) in [4.78, 5) is 16.3. The van der Waals surface area contributed by atoms with Crippen LogP contribution in [0.3, 0.4) is 0 Å². The second-order valence-corrected chi connectivity index (χ2v) is 7.21. The monoisotopic (exact) mass is 355 g/mol. The average Bonchev–Trinajstić information content (AvgIpc) is 2.62. The van der Waals surface area contributed by atoms with Gasteiger partial charge in [-0.25, -0.2) is 4.79 Å². The molecule has 1 aliphatic rings. The van der Waals surface area contributed by atoms with Crippen molar-refractivity contribution < 1.29 is 9.53 Å². The van der Waals surface area contributed by atoms with Crippen LogP contribution >= 0.6 is 0 Å². The molecule has 0 atom stereocenters. The van der Waals surface area contributed by atoms with Gasteiger partial charge in [-0.2, -0.15) is 0 Å². The van der Waals surface area contributed by atoms with Gasteiger partial charge in [0.25, 0.3) is 0 Å². The topological polar surface area (TPSA) is 70.6 Å². The number of rotatable bonds is 3. The van der Waals surface area contributed by atoms with Gasteiger partial charge in [-0.15, -0.1) is 10.2 Å². The second-order valence-electron chi connectivity index (χ2n) is 7.21. The van der Waals surface area contributed by atoms with Crippen molar-refractivity contribution in [2.75, 3.05) is 41.3 Å². The van der Waals surface area contributed by atoms with E-state index < -0.39 is 11.7 Å². The Bertz CT molecular complexity index is 720. The first kappa shape index (κ1) is 18.0. The summed E-state index contributed by atoms with van der Waals surface area (Å²) in [5, 5.41) is 10.9. The van der Waals surface area contributed by atoms with Crippen molar-refractivity contribution in [1.29, 1.82) is 0 Å². The molecule has 0 aliphatic carbocycles. The highest BCUT2D eigenvalue weighted by molar-refractivity contribution is 5.83. The summed E-state index contributed by atoms with van der Waals surface area (Å²) < 4.78 is 5.21. The number of para-hydroxylation sites is 1. The van der Waals surface area contributed by atoms with Crippen LogP contribution in [0.5, 0.6) is 0 Å². The predicted octanol–water partition coefficient (Wildman–Crippen LogP) is 3.15. The number of aromatic nitrogens is 2. The third-order valence-corrected chi connectivity index (χ3v) is 4.00. The molecular formula is C19H25N5O2. The van der Waals surface area contributed by atoms with Gasteiger partial charge in [0, 0.05) is 31.9 Å². The summed E-state index contributed by atoms with van der Waals surface area (Å²) in [6.07, 6.45) is -0.531. The maximum Gasteiger partial charge on any atom is 0.413 e. The minimum Gasteiger partial charge on any atom is -0.444 e. The highest BCUT2D eigenvalue weighted by Gasteiger charge is 2.19. The number of benzene rings is 1. The molecule has 0 radical (unpaired) electrons. The number of anilines is 3. The molecule has 3 rings (SSSR count). The van der Waals surface area contributed by atoms with E-state index in [2.05, 4.69) is 49.6 Å². The first-order valence-electron chi connectivity index (χ1n) is 8.79. The largest absolute Gasteiger partial charge is 0.444 e. The van der Waals surface area contributed by atoms with Crippen molar-refractivity contribution in [3.63, 3.8) is 0 Å². The second kappa shape index (κ2) is 7.59. The van der Waals surface area contributed by atoms with Crippen molar-refractivity contribution in [3.05, 3.63) is 42.5 Å². The molecule has 138 valence electrons. The number of nitrogens with one attached hydrogen (secondary N) is 1. The lowest BCUT2D eigenvalue weighted by atomic mass is 10.2. The summed E-state index contributed by atoms with van der Waals surface area (Å²) in [7, 11) is 0. The zero-order valence-electron chi connectivity index (χ0n) is 15.5. The highest BCUT2D eigenvalue weighted by atomic mass is 16.6. The molecule has 1 amide bonds. The standard InChI is InChI=1S/C19H25N5O2/c1-19(2,3)26-18(25)20-16-9-10-17(22-21-16)24-13-11-23(12-14-24)15-7-5-4-6-8-15/h4-10H,11-14H2,1-3H3,(H,20,21,25). The fourth-order valence-corrected chi connectivity index (χ4v) is 2.80. The lowest BCUT2D eigenvalue weighted by Gasteiger charge is -2.36. The summed E-state index contributed by atoms with van der Waals surface area (Å²) in [5.74, 6) is 1.19. The molecule has 0 saturated carbocycles. The normalized spacial score (nSPS) is 14.9. The van der Waals surface area contributed by atoms with E-state index >= 15 is 0 Å². The summed E-state index contributed by atoms with van der Waals surface area (Å²) in [6.45, 7) is 9.07. The molecule has 0 unspecified atom stereocenters. The van der Waals surface area contributed by atoms with E-state index in [4.69, 9.17) is 4.74 Å². The maximum absolute atomic E-state index is 11.8. The highest BCUT2D eigenvalue weighted by Crippen LogP contribution is 2.19. The Balaban J connectivity index is 1.54. The van der Waals surface area contributed by atoms with Gasteiger partial charge in [0.15, 0.2) is 11.6 Å². The Morgan fingerprint density at radius 2 is 1.62 bits per heavy atom. The summed E-state index contributed by atoms with van der Waals surface area (Å²) in [5.41, 5.74) is 0.700. The van der Waals surface area contributed by atoms with Crippen LogP contribution in [0, 0.1) is 0 Å². The number of nitrogens with zero attached hydrogens (tertiary/aromatic N) is 4. The van der Waals surface area contributed by atoms with E-state index in [1.807, 2.05) is 32.9 Å². The van der Waals surface area contributed by atoms with Gasteiger partial charge in [0.1, 0.15) is 5.60 Å². The van der Waals surface area contributed by atoms with Crippen LogP contribution in [0.15, 0.2) is 42.5 Å². The molecule has 2 heterocycles. The van der Waals surface area contributed by atoms with Gasteiger partial charge in [0.2, 0.25) is 0 Å². The third kappa shape index (κ3) is 4.84. The van der Waals surface area contributed by atoms with Crippen molar-refractivity contribution >= 4 is 23.4 Å². The first-order valence-corrected chi connectivity index (χ1v) is 8.79. The van der Waals surface area contributed by atoms with Gasteiger partial charge in [0.05, 0.1) is 0 Å². The Hall–Kier alpha value is -2.83. The van der Waals surface area contributed by atoms with Crippen LogP contribution in [-0.4, -0.2) is 48.1 Å². The van der Waals surface area contributed by atoms with Crippen LogP contribution in [-0.2, 0) is 4.74 Å². The van der Waals surface area contributed by atoms with E-state index in [-0.39, 0.29) is 0 Å². The predicted molar refractivity (Wildman–Crippen MR) is 103 cm³/mol.